The van der Waals surface area contributed by atoms with Gasteiger partial charge in [0.05, 0.1) is 6.04 Å². The van der Waals surface area contributed by atoms with Gasteiger partial charge in [-0.2, -0.15) is 0 Å². The van der Waals surface area contributed by atoms with Crippen LogP contribution >= 0.6 is 0 Å². The Morgan fingerprint density at radius 3 is 2.32 bits per heavy atom. The van der Waals surface area contributed by atoms with Gasteiger partial charge in [0.2, 0.25) is 5.91 Å². The number of nitrogens with zero attached hydrogens (tertiary/aromatic N) is 1. The summed E-state index contributed by atoms with van der Waals surface area (Å²) in [6, 6.07) is 19.1. The summed E-state index contributed by atoms with van der Waals surface area (Å²) < 4.78 is 0. The van der Waals surface area contributed by atoms with Crippen LogP contribution in [0.2, 0.25) is 0 Å². The second-order valence-corrected chi connectivity index (χ2v) is 8.08. The molecule has 1 saturated carbocycles. The molecule has 1 aliphatic carbocycles. The summed E-state index contributed by atoms with van der Waals surface area (Å²) in [5.41, 5.74) is 1.75. The Bertz CT molecular complexity index is 821. The van der Waals surface area contributed by atoms with Crippen LogP contribution < -0.4 is 5.32 Å². The third-order valence-corrected chi connectivity index (χ3v) is 6.30. The molecule has 0 bridgehead atoms. The third kappa shape index (κ3) is 3.68. The van der Waals surface area contributed by atoms with Gasteiger partial charge in [-0.3, -0.25) is 9.59 Å². The molecule has 0 spiro atoms. The lowest BCUT2D eigenvalue weighted by Crippen LogP contribution is -2.50. The average molecular weight is 376 g/mol. The molecule has 4 heteroatoms. The molecule has 2 aromatic rings. The molecule has 1 N–H and O–H groups in total. The summed E-state index contributed by atoms with van der Waals surface area (Å²) in [6.45, 7) is 2.00. The predicted molar refractivity (Wildman–Crippen MR) is 110 cm³/mol. The number of hydrogen-bond acceptors (Lipinski definition) is 2. The zero-order valence-electron chi connectivity index (χ0n) is 16.4. The van der Waals surface area contributed by atoms with Gasteiger partial charge in [-0.25, -0.2) is 0 Å². The zero-order valence-corrected chi connectivity index (χ0v) is 16.4. The molecule has 0 aromatic heterocycles. The van der Waals surface area contributed by atoms with E-state index >= 15 is 0 Å². The molecule has 1 heterocycles. The van der Waals surface area contributed by atoms with Crippen LogP contribution in [0, 0.1) is 5.92 Å². The van der Waals surface area contributed by atoms with Crippen molar-refractivity contribution >= 4 is 11.8 Å². The van der Waals surface area contributed by atoms with E-state index < -0.39 is 0 Å². The maximum atomic E-state index is 13.3. The van der Waals surface area contributed by atoms with Crippen molar-refractivity contribution in [3.8, 4) is 0 Å². The van der Waals surface area contributed by atoms with E-state index in [4.69, 9.17) is 0 Å². The summed E-state index contributed by atoms with van der Waals surface area (Å²) in [7, 11) is 0. The number of likely N-dealkylation sites (tertiary alicyclic amines) is 1. The van der Waals surface area contributed by atoms with Gasteiger partial charge < -0.3 is 10.2 Å². The molecule has 2 aliphatic rings. The molecule has 146 valence electrons. The van der Waals surface area contributed by atoms with Crippen LogP contribution in [0.5, 0.6) is 0 Å². The van der Waals surface area contributed by atoms with Crippen LogP contribution in [0.25, 0.3) is 0 Å². The third-order valence-electron chi connectivity index (χ3n) is 6.30. The highest BCUT2D eigenvalue weighted by Crippen LogP contribution is 2.40. The number of fused-ring (bicyclic) bond motifs is 1. The molecule has 1 saturated heterocycles. The van der Waals surface area contributed by atoms with Gasteiger partial charge in [-0.1, -0.05) is 61.4 Å². The Morgan fingerprint density at radius 2 is 1.61 bits per heavy atom. The van der Waals surface area contributed by atoms with E-state index in [0.717, 1.165) is 31.2 Å². The minimum absolute atomic E-state index is 0.0116. The smallest absolute Gasteiger partial charge is 0.254 e. The monoisotopic (exact) mass is 376 g/mol. The number of carbonyl (C=O) groups excluding carboxylic acids is 2. The van der Waals surface area contributed by atoms with E-state index in [2.05, 4.69) is 5.32 Å². The number of rotatable bonds is 4. The van der Waals surface area contributed by atoms with Gasteiger partial charge in [0.25, 0.3) is 5.91 Å². The summed E-state index contributed by atoms with van der Waals surface area (Å²) >= 11 is 0. The Morgan fingerprint density at radius 1 is 0.964 bits per heavy atom. The van der Waals surface area contributed by atoms with Crippen molar-refractivity contribution in [2.45, 2.75) is 57.2 Å². The van der Waals surface area contributed by atoms with Crippen LogP contribution in [0.3, 0.4) is 0 Å². The highest BCUT2D eigenvalue weighted by molar-refractivity contribution is 5.98. The Balaban J connectivity index is 1.56. The first-order valence-electron chi connectivity index (χ1n) is 10.4. The Kier molecular flexibility index (Phi) is 5.47. The molecule has 2 fully saturated rings. The molecule has 2 amide bonds. The van der Waals surface area contributed by atoms with Crippen LogP contribution in [0.15, 0.2) is 60.7 Å². The summed E-state index contributed by atoms with van der Waals surface area (Å²) in [4.78, 5) is 28.4. The molecule has 2 aromatic carbocycles. The molecular formula is C24H28N2O2. The Labute approximate surface area is 166 Å². The number of benzene rings is 2. The minimum Gasteiger partial charge on any atom is -0.348 e. The fourth-order valence-electron chi connectivity index (χ4n) is 4.85. The fraction of sp³-hybridized carbons (Fsp3) is 0.417. The lowest BCUT2D eigenvalue weighted by molar-refractivity contribution is -0.125. The lowest BCUT2D eigenvalue weighted by Gasteiger charge is -2.34. The van der Waals surface area contributed by atoms with Crippen molar-refractivity contribution in [2.75, 3.05) is 0 Å². The van der Waals surface area contributed by atoms with Crippen LogP contribution in [-0.2, 0) is 4.79 Å². The van der Waals surface area contributed by atoms with Crippen molar-refractivity contribution in [3.05, 3.63) is 71.8 Å². The fourth-order valence-corrected chi connectivity index (χ4v) is 4.85. The van der Waals surface area contributed by atoms with E-state index in [-0.39, 0.29) is 29.9 Å². The molecule has 4 nitrogen and oxygen atoms in total. The van der Waals surface area contributed by atoms with Crippen LogP contribution in [0.4, 0.5) is 0 Å². The van der Waals surface area contributed by atoms with E-state index in [1.807, 2.05) is 72.5 Å². The maximum absolute atomic E-state index is 13.3. The van der Waals surface area contributed by atoms with Gasteiger partial charge in [0.15, 0.2) is 0 Å². The van der Waals surface area contributed by atoms with Gasteiger partial charge in [0.1, 0.15) is 6.04 Å². The predicted octanol–water partition coefficient (Wildman–Crippen LogP) is 4.34. The summed E-state index contributed by atoms with van der Waals surface area (Å²) in [5, 5.41) is 3.15. The normalized spacial score (nSPS) is 25.0. The van der Waals surface area contributed by atoms with Gasteiger partial charge in [-0.15, -0.1) is 0 Å². The van der Waals surface area contributed by atoms with Crippen molar-refractivity contribution in [1.29, 1.82) is 0 Å². The van der Waals surface area contributed by atoms with Gasteiger partial charge in [0, 0.05) is 11.6 Å². The largest absolute Gasteiger partial charge is 0.348 e. The van der Waals surface area contributed by atoms with Crippen molar-refractivity contribution in [1.82, 2.24) is 10.2 Å². The standard InChI is InChI=1S/C24H28N2O2/c1-17(18-10-4-2-5-11-18)25-23(27)22-16-20-14-8-9-15-21(20)26(22)24(28)19-12-6-3-7-13-19/h2-7,10-13,17,20-22H,8-9,14-16H2,1H3,(H,25,27). The summed E-state index contributed by atoms with van der Waals surface area (Å²) in [6.07, 6.45) is 5.22. The molecule has 0 radical (unpaired) electrons. The lowest BCUT2D eigenvalue weighted by atomic mass is 9.84. The highest BCUT2D eigenvalue weighted by Gasteiger charge is 2.47. The van der Waals surface area contributed by atoms with Crippen LogP contribution in [-0.4, -0.2) is 28.8 Å². The Hall–Kier alpha value is -2.62. The zero-order chi connectivity index (χ0) is 19.5. The van der Waals surface area contributed by atoms with Gasteiger partial charge in [-0.05, 0) is 49.8 Å². The summed E-state index contributed by atoms with van der Waals surface area (Å²) in [5.74, 6) is 0.391. The number of nitrogens with one attached hydrogen (secondary N) is 1. The maximum Gasteiger partial charge on any atom is 0.254 e. The van der Waals surface area contributed by atoms with Crippen molar-refractivity contribution in [3.63, 3.8) is 0 Å². The second kappa shape index (κ2) is 8.17. The van der Waals surface area contributed by atoms with Gasteiger partial charge >= 0.3 is 0 Å². The SMILES string of the molecule is CC(NC(=O)C1CC2CCCCC2N1C(=O)c1ccccc1)c1ccccc1. The number of amides is 2. The van der Waals surface area contributed by atoms with Crippen LogP contribution in [0.1, 0.15) is 61.0 Å². The molecule has 28 heavy (non-hydrogen) atoms. The first-order valence-corrected chi connectivity index (χ1v) is 10.4. The average Bonchev–Trinajstić information content (AvgIpc) is 3.14. The van der Waals surface area contributed by atoms with E-state index in [0.29, 0.717) is 11.5 Å². The second-order valence-electron chi connectivity index (χ2n) is 8.08. The number of hydrogen-bond donors (Lipinski definition) is 1. The van der Waals surface area contributed by atoms with Crippen molar-refractivity contribution < 1.29 is 9.59 Å². The van der Waals surface area contributed by atoms with E-state index in [1.165, 1.54) is 6.42 Å². The minimum atomic E-state index is -0.382. The van der Waals surface area contributed by atoms with Crippen molar-refractivity contribution in [2.24, 2.45) is 5.92 Å². The van der Waals surface area contributed by atoms with E-state index in [9.17, 15) is 9.59 Å². The quantitative estimate of drug-likeness (QED) is 0.863. The molecule has 4 atom stereocenters. The number of carbonyl (C=O) groups is 2. The first-order chi connectivity index (χ1) is 13.6. The highest BCUT2D eigenvalue weighted by atomic mass is 16.2. The molecule has 1 aliphatic heterocycles. The van der Waals surface area contributed by atoms with E-state index in [1.54, 1.807) is 0 Å². The first kappa shape index (κ1) is 18.7. The molecule has 4 rings (SSSR count). The topological polar surface area (TPSA) is 49.4 Å². The molecular weight excluding hydrogens is 348 g/mol. The molecule has 4 unspecified atom stereocenters.